The number of nitrogens with two attached hydrogens (primary N) is 1. The molecule has 0 fully saturated rings. The minimum absolute atomic E-state index is 0.0686. The zero-order chi connectivity index (χ0) is 21.2. The van der Waals surface area contributed by atoms with Crippen molar-refractivity contribution in [2.45, 2.75) is 19.7 Å². The van der Waals surface area contributed by atoms with Crippen LogP contribution in [0.25, 0.3) is 0 Å². The number of benzene rings is 1. The smallest absolute Gasteiger partial charge is 0.406 e. The predicted molar refractivity (Wildman–Crippen MR) is 96.8 cm³/mol. The molecule has 3 aromatic rings. The number of anilines is 3. The van der Waals surface area contributed by atoms with Crippen molar-refractivity contribution in [3.8, 4) is 5.75 Å². The molecule has 0 amide bonds. The largest absolute Gasteiger partial charge is 0.573 e. The van der Waals surface area contributed by atoms with Crippen molar-refractivity contribution >= 4 is 17.2 Å². The highest BCUT2D eigenvalue weighted by Crippen LogP contribution is 2.30. The predicted octanol–water partition coefficient (Wildman–Crippen LogP) is 4.88. The topological polar surface area (TPSA) is 73.1 Å². The molecule has 0 unspecified atom stereocenters. The number of pyridine rings is 2. The Labute approximate surface area is 162 Å². The van der Waals surface area contributed by atoms with Crippen molar-refractivity contribution in [1.82, 2.24) is 9.97 Å². The van der Waals surface area contributed by atoms with E-state index in [0.717, 1.165) is 12.1 Å². The number of nitrogens with one attached hydrogen (secondary N) is 1. The first kappa shape index (κ1) is 20.3. The highest BCUT2D eigenvalue weighted by atomic mass is 19.4. The molecule has 1 aromatic carbocycles. The van der Waals surface area contributed by atoms with Crippen LogP contribution in [0.1, 0.15) is 16.7 Å². The van der Waals surface area contributed by atoms with Gasteiger partial charge in [-0.05, 0) is 41.8 Å². The summed E-state index contributed by atoms with van der Waals surface area (Å²) in [6, 6.07) is 4.22. The highest BCUT2D eigenvalue weighted by molar-refractivity contribution is 5.64. The van der Waals surface area contributed by atoms with E-state index in [1.54, 1.807) is 6.92 Å². The summed E-state index contributed by atoms with van der Waals surface area (Å²) in [4.78, 5) is 7.73. The van der Waals surface area contributed by atoms with Crippen LogP contribution >= 0.6 is 0 Å². The molecule has 0 aliphatic rings. The molecule has 0 saturated carbocycles. The molecule has 2 aromatic heterocycles. The Morgan fingerprint density at radius 1 is 1.07 bits per heavy atom. The van der Waals surface area contributed by atoms with Gasteiger partial charge in [0.05, 0.1) is 17.6 Å². The van der Waals surface area contributed by atoms with Gasteiger partial charge in [-0.15, -0.1) is 13.2 Å². The van der Waals surface area contributed by atoms with Crippen molar-refractivity contribution in [3.63, 3.8) is 0 Å². The number of hydrogen-bond donors (Lipinski definition) is 2. The quantitative estimate of drug-likeness (QED) is 0.587. The van der Waals surface area contributed by atoms with E-state index in [9.17, 15) is 22.0 Å². The molecule has 0 atom stereocenters. The van der Waals surface area contributed by atoms with Crippen LogP contribution in [0.15, 0.2) is 42.9 Å². The van der Waals surface area contributed by atoms with E-state index >= 15 is 0 Å². The molecule has 10 heteroatoms. The van der Waals surface area contributed by atoms with Gasteiger partial charge in [-0.3, -0.25) is 4.98 Å². The van der Waals surface area contributed by atoms with Crippen LogP contribution in [0.4, 0.5) is 39.1 Å². The van der Waals surface area contributed by atoms with Gasteiger partial charge in [-0.1, -0.05) is 0 Å². The minimum Gasteiger partial charge on any atom is -0.406 e. The van der Waals surface area contributed by atoms with Gasteiger partial charge < -0.3 is 15.8 Å². The standard InChI is InChI=1S/C19H15F5N4O/c1-10-12(6-11-4-5-27-18(25)17(11)21)8-26-9-16(10)28-15-3-2-13(7-14(15)20)29-19(22,23)24/h2-5,7-9,28H,6H2,1H3,(H2,25,27). The van der Waals surface area contributed by atoms with Gasteiger partial charge in [0, 0.05) is 24.9 Å². The van der Waals surface area contributed by atoms with E-state index in [2.05, 4.69) is 20.0 Å². The Kier molecular flexibility index (Phi) is 5.53. The molecule has 3 rings (SSSR count). The second kappa shape index (κ2) is 7.90. The highest BCUT2D eigenvalue weighted by Gasteiger charge is 2.31. The third-order valence-corrected chi connectivity index (χ3v) is 4.14. The lowest BCUT2D eigenvalue weighted by atomic mass is 10.0. The maximum Gasteiger partial charge on any atom is 0.573 e. The molecule has 29 heavy (non-hydrogen) atoms. The summed E-state index contributed by atoms with van der Waals surface area (Å²) in [6.07, 6.45) is -0.392. The van der Waals surface area contributed by atoms with Crippen molar-refractivity contribution < 1.29 is 26.7 Å². The van der Waals surface area contributed by atoms with Crippen LogP contribution < -0.4 is 15.8 Å². The fourth-order valence-corrected chi connectivity index (χ4v) is 2.66. The summed E-state index contributed by atoms with van der Waals surface area (Å²) < 4.78 is 68.7. The SMILES string of the molecule is Cc1c(Cc2ccnc(N)c2F)cncc1Nc1ccc(OC(F)(F)F)cc1F. The molecule has 5 nitrogen and oxygen atoms in total. The van der Waals surface area contributed by atoms with E-state index in [1.807, 2.05) is 0 Å². The van der Waals surface area contributed by atoms with Gasteiger partial charge in [0.15, 0.2) is 11.6 Å². The lowest BCUT2D eigenvalue weighted by Gasteiger charge is -2.15. The summed E-state index contributed by atoms with van der Waals surface area (Å²) in [6.45, 7) is 1.72. The van der Waals surface area contributed by atoms with Crippen molar-refractivity contribution in [3.05, 3.63) is 71.2 Å². The molecular formula is C19H15F5N4O. The van der Waals surface area contributed by atoms with Crippen LogP contribution in [0.3, 0.4) is 0 Å². The Bertz CT molecular complexity index is 1040. The van der Waals surface area contributed by atoms with Gasteiger partial charge in [0.2, 0.25) is 0 Å². The normalized spacial score (nSPS) is 11.4. The van der Waals surface area contributed by atoms with E-state index in [-0.39, 0.29) is 17.9 Å². The molecule has 0 radical (unpaired) electrons. The first-order chi connectivity index (χ1) is 13.6. The van der Waals surface area contributed by atoms with Gasteiger partial charge in [0.25, 0.3) is 0 Å². The fourth-order valence-electron chi connectivity index (χ4n) is 2.66. The number of aromatic nitrogens is 2. The van der Waals surface area contributed by atoms with Gasteiger partial charge >= 0.3 is 6.36 Å². The minimum atomic E-state index is -4.91. The summed E-state index contributed by atoms with van der Waals surface area (Å²) >= 11 is 0. The number of nitrogen functional groups attached to an aromatic ring is 1. The number of rotatable bonds is 5. The average molecular weight is 410 g/mol. The molecule has 152 valence electrons. The number of nitrogens with zero attached hydrogens (tertiary/aromatic N) is 2. The molecule has 2 heterocycles. The van der Waals surface area contributed by atoms with Crippen LogP contribution in [0.5, 0.6) is 5.75 Å². The Balaban J connectivity index is 1.84. The van der Waals surface area contributed by atoms with Crippen LogP contribution in [-0.4, -0.2) is 16.3 Å². The monoisotopic (exact) mass is 410 g/mol. The van der Waals surface area contributed by atoms with E-state index in [4.69, 9.17) is 5.73 Å². The summed E-state index contributed by atoms with van der Waals surface area (Å²) in [5.41, 5.74) is 7.44. The number of hydrogen-bond acceptors (Lipinski definition) is 5. The Morgan fingerprint density at radius 2 is 1.83 bits per heavy atom. The Morgan fingerprint density at radius 3 is 2.52 bits per heavy atom. The first-order valence-electron chi connectivity index (χ1n) is 8.28. The molecule has 3 N–H and O–H groups in total. The zero-order valence-corrected chi connectivity index (χ0v) is 15.0. The van der Waals surface area contributed by atoms with Crippen LogP contribution in [0.2, 0.25) is 0 Å². The second-order valence-electron chi connectivity index (χ2n) is 6.13. The van der Waals surface area contributed by atoms with Crippen molar-refractivity contribution in [2.24, 2.45) is 0 Å². The number of alkyl halides is 3. The fraction of sp³-hybridized carbons (Fsp3) is 0.158. The summed E-state index contributed by atoms with van der Waals surface area (Å²) in [5.74, 6) is -2.46. The van der Waals surface area contributed by atoms with Gasteiger partial charge in [-0.2, -0.15) is 0 Å². The average Bonchev–Trinajstić information content (AvgIpc) is 2.63. The van der Waals surface area contributed by atoms with E-state index in [1.165, 1.54) is 24.7 Å². The molecule has 0 saturated heterocycles. The summed E-state index contributed by atoms with van der Waals surface area (Å²) in [7, 11) is 0. The first-order valence-corrected chi connectivity index (χ1v) is 8.28. The third kappa shape index (κ3) is 4.89. The van der Waals surface area contributed by atoms with Gasteiger partial charge in [-0.25, -0.2) is 13.8 Å². The van der Waals surface area contributed by atoms with Crippen LogP contribution in [-0.2, 0) is 6.42 Å². The molecule has 0 spiro atoms. The third-order valence-electron chi connectivity index (χ3n) is 4.14. The Hall–Kier alpha value is -3.43. The molecule has 0 bridgehead atoms. The number of ether oxygens (including phenoxy) is 1. The molecular weight excluding hydrogens is 395 g/mol. The second-order valence-corrected chi connectivity index (χ2v) is 6.13. The summed E-state index contributed by atoms with van der Waals surface area (Å²) in [5, 5.41) is 2.78. The number of halogens is 5. The molecule has 0 aliphatic carbocycles. The lowest BCUT2D eigenvalue weighted by molar-refractivity contribution is -0.274. The van der Waals surface area contributed by atoms with Crippen molar-refractivity contribution in [1.29, 1.82) is 0 Å². The lowest BCUT2D eigenvalue weighted by Crippen LogP contribution is -2.17. The van der Waals surface area contributed by atoms with E-state index < -0.39 is 23.7 Å². The molecule has 0 aliphatic heterocycles. The zero-order valence-electron chi connectivity index (χ0n) is 15.0. The van der Waals surface area contributed by atoms with Gasteiger partial charge in [0.1, 0.15) is 11.6 Å². The maximum absolute atomic E-state index is 14.2. The van der Waals surface area contributed by atoms with Crippen LogP contribution in [0, 0.1) is 18.6 Å². The van der Waals surface area contributed by atoms with E-state index in [0.29, 0.717) is 28.4 Å². The van der Waals surface area contributed by atoms with Crippen molar-refractivity contribution in [2.75, 3.05) is 11.1 Å². The maximum atomic E-state index is 14.2.